The van der Waals surface area contributed by atoms with Crippen molar-refractivity contribution in [2.45, 2.75) is 308 Å². The average molecular weight is 1810 g/mol. The number of para-hydroxylation sites is 4. The molecule has 31 nitrogen and oxygen atoms in total. The van der Waals surface area contributed by atoms with E-state index < -0.39 is 54.3 Å². The third kappa shape index (κ3) is 26.6. The second-order valence-corrected chi connectivity index (χ2v) is 36.7. The maximum absolute atomic E-state index is 13.6. The quantitative estimate of drug-likeness (QED) is 0.0266. The molecule has 4 aromatic carbocycles. The first-order valence-corrected chi connectivity index (χ1v) is 47.4. The first-order valence-electron chi connectivity index (χ1n) is 47.4. The Bertz CT molecular complexity index is 5290. The van der Waals surface area contributed by atoms with Gasteiger partial charge in [-0.3, -0.25) is 57.5 Å². The number of fused-ring (bicyclic) bond motifs is 10. The number of carbonyl (C=O) groups excluding carboxylic acids is 11. The van der Waals surface area contributed by atoms with Gasteiger partial charge in [0.1, 0.15) is 75.3 Å². The van der Waals surface area contributed by atoms with Crippen LogP contribution in [0.2, 0.25) is 0 Å². The number of esters is 1. The van der Waals surface area contributed by atoms with Crippen molar-refractivity contribution < 1.29 is 85.0 Å². The van der Waals surface area contributed by atoms with E-state index in [0.717, 1.165) is 154 Å². The van der Waals surface area contributed by atoms with E-state index in [-0.39, 0.29) is 114 Å². The summed E-state index contributed by atoms with van der Waals surface area (Å²) in [7, 11) is 0. The maximum atomic E-state index is 13.6. The lowest BCUT2D eigenvalue weighted by molar-refractivity contribution is -0.143. The predicted octanol–water partition coefficient (Wildman–Crippen LogP) is 10.3. The van der Waals surface area contributed by atoms with Crippen molar-refractivity contribution in [3.63, 3.8) is 0 Å². The van der Waals surface area contributed by atoms with Crippen LogP contribution >= 0.6 is 0 Å². The number of nitrogens with one attached hydrogen (secondary N) is 5. The average Bonchev–Trinajstić information content (AvgIpc) is 1.66. The fourth-order valence-corrected chi connectivity index (χ4v) is 18.8. The highest BCUT2D eigenvalue weighted by Gasteiger charge is 2.42. The van der Waals surface area contributed by atoms with Crippen LogP contribution < -0.4 is 49.5 Å². The molecule has 0 aliphatic carbocycles. The van der Waals surface area contributed by atoms with Gasteiger partial charge >= 0.3 is 11.9 Å². The standard InChI is InChI=1S/C26H37N3O5.C26H35N3O4.C24H32N4O4.C24H33N3O5/c1-5-33-23(30)13-12-22-20(19-10-6-7-11-21(19)34-22)15-18-9-8-14-29(18)26(32)24(16(2)3)28-25(31)17(4)27;1-17(27)25(31)28-22-11-4-2-3-9-19(30)13-14-24-21(20-10-5-6-12-23(20)33-24)16-18-8-7-15-29(18)26(22)32;1-15(25)23(30)27-19-8-4-12-26-22(29)11-10-21-18(17-7-2-3-9-20(17)32-21)14-16-6-5-13-28(16)24(19)31;1-14(2)22(26-23(30)15(3)25)24(31)27-12-6-7-16(27)13-18-17-8-4-5-9-19(17)32-20(18)10-11-21(28)29/h6-7,10-11,16-18,24H,5,8-9,12-15,27H2,1-4H3,(H,28,31);5-6,10,12,17-18,22H,2-4,7-9,11,13-16,27H2,1H3,(H,28,31);2-3,7,9,15-16,19H,4-6,8,10-14,25H2,1H3,(H,26,29)(H,27,30);4-5,8-9,14-16,22H,6-7,10-13,25H2,1-3H3,(H,26,30)(H,28,29)/t17-,18-,24-;17-,18-,22-;15-,16-,19-;15-,16-,22-/m0000/s1. The van der Waals surface area contributed by atoms with Gasteiger partial charge in [0.05, 0.1) is 43.6 Å². The zero-order valence-corrected chi connectivity index (χ0v) is 77.6. The van der Waals surface area contributed by atoms with Crippen molar-refractivity contribution in [1.82, 2.24) is 46.2 Å². The van der Waals surface area contributed by atoms with E-state index in [2.05, 4.69) is 32.7 Å². The number of carboxylic acid groups (broad SMARTS) is 1. The SMILES string of the molecule is CC(C)[C@H](NC(=O)[C@H](C)N)C(=O)N1CCC[C@H]1Cc1c(CCC(=O)O)oc2ccccc12.CCOC(=O)CCc1oc2ccccc2c1C[C@@H]1CCCN1C(=O)[C@@H](NC(=O)[C@H](C)N)C(C)C.C[C@H](N)C(=O)N[C@H]1CCCCCC(=O)CCc2oc3ccccc3c2C[C@@H]2CCCN2C1=O.C[C@H](N)C(=O)N[C@H]1CCCNC(=O)CCc2oc3ccccc3c2C[C@@H]2CCCN2C1=O. The Kier molecular flexibility index (Phi) is 36.5. The molecule has 0 radical (unpaired) electrons. The van der Waals surface area contributed by atoms with Gasteiger partial charge in [-0.2, -0.15) is 0 Å². The number of ketones is 1. The third-order valence-electron chi connectivity index (χ3n) is 25.9. The second kappa shape index (κ2) is 47.7. The molecule has 14 rings (SSSR count). The fraction of sp³-hybridized carbons (Fsp3) is 0.560. The van der Waals surface area contributed by atoms with Crippen LogP contribution in [0.4, 0.5) is 0 Å². The Morgan fingerprint density at radius 1 is 0.458 bits per heavy atom. The van der Waals surface area contributed by atoms with Crippen molar-refractivity contribution >= 4 is 115 Å². The molecular weight excluding hydrogens is 1670 g/mol. The third-order valence-corrected chi connectivity index (χ3v) is 25.9. The molecule has 12 atom stereocenters. The molecule has 31 heteroatoms. The van der Waals surface area contributed by atoms with Gasteiger partial charge in [0.25, 0.3) is 0 Å². The predicted molar refractivity (Wildman–Crippen MR) is 498 cm³/mol. The van der Waals surface area contributed by atoms with Gasteiger partial charge < -0.3 is 96.6 Å². The van der Waals surface area contributed by atoms with E-state index in [1.807, 2.05) is 138 Å². The molecule has 9 amide bonds. The summed E-state index contributed by atoms with van der Waals surface area (Å²) in [6.45, 7) is 19.3. The number of ether oxygens (including phenoxy) is 1. The minimum atomic E-state index is -0.876. The number of likely N-dealkylation sites (tertiary alicyclic amines) is 2. The molecule has 14 N–H and O–H groups in total. The van der Waals surface area contributed by atoms with E-state index >= 15 is 0 Å². The lowest BCUT2D eigenvalue weighted by Crippen LogP contribution is -2.55. The number of Topliss-reactive ketones (excluding diaryl/α,β-unsaturated/α-hetero) is 1. The number of nitrogens with zero attached hydrogens (tertiary/aromatic N) is 4. The Morgan fingerprint density at radius 2 is 0.863 bits per heavy atom. The normalized spacial score (nSPS) is 20.9. The van der Waals surface area contributed by atoms with Crippen molar-refractivity contribution in [2.24, 2.45) is 34.8 Å². The summed E-state index contributed by atoms with van der Waals surface area (Å²) in [6.07, 6.45) is 17.3. The number of nitrogens with two attached hydrogens (primary N) is 4. The van der Waals surface area contributed by atoms with Gasteiger partial charge in [0.15, 0.2) is 0 Å². The number of aliphatic carboxylic acids is 1. The van der Waals surface area contributed by atoms with E-state index in [9.17, 15) is 57.5 Å². The van der Waals surface area contributed by atoms with Crippen LogP contribution in [0.3, 0.4) is 0 Å². The minimum absolute atomic E-state index is 0.0108. The fourth-order valence-electron chi connectivity index (χ4n) is 18.8. The van der Waals surface area contributed by atoms with Gasteiger partial charge in [-0.15, -0.1) is 0 Å². The molecule has 710 valence electrons. The first-order chi connectivity index (χ1) is 62.8. The lowest BCUT2D eigenvalue weighted by atomic mass is 9.97. The Labute approximate surface area is 766 Å². The highest BCUT2D eigenvalue weighted by Crippen LogP contribution is 2.38. The van der Waals surface area contributed by atoms with Gasteiger partial charge in [0.2, 0.25) is 53.2 Å². The molecule has 0 bridgehead atoms. The van der Waals surface area contributed by atoms with Crippen LogP contribution in [0, 0.1) is 11.8 Å². The van der Waals surface area contributed by atoms with E-state index in [1.54, 1.807) is 34.6 Å². The highest BCUT2D eigenvalue weighted by molar-refractivity contribution is 5.94. The number of furan rings is 4. The number of rotatable bonds is 23. The number of hydrogen-bond acceptors (Lipinski definition) is 21. The largest absolute Gasteiger partial charge is 0.481 e. The van der Waals surface area contributed by atoms with Crippen molar-refractivity contribution in [2.75, 3.05) is 39.3 Å². The molecule has 0 spiro atoms. The Hall–Kier alpha value is -11.3. The summed E-state index contributed by atoms with van der Waals surface area (Å²) < 4.78 is 29.5. The minimum Gasteiger partial charge on any atom is -0.481 e. The number of carboxylic acids is 1. The number of aryl methyl sites for hydroxylation is 4. The zero-order valence-electron chi connectivity index (χ0n) is 77.6. The van der Waals surface area contributed by atoms with Gasteiger partial charge in [-0.25, -0.2) is 0 Å². The zero-order chi connectivity index (χ0) is 94.3. The van der Waals surface area contributed by atoms with Crippen LogP contribution in [-0.2, 0) is 114 Å². The summed E-state index contributed by atoms with van der Waals surface area (Å²) in [4.78, 5) is 158. The van der Waals surface area contributed by atoms with Crippen molar-refractivity contribution in [3.05, 3.63) is 142 Å². The molecule has 4 saturated heterocycles. The van der Waals surface area contributed by atoms with E-state index in [1.165, 1.54) is 0 Å². The number of benzene rings is 4. The molecule has 6 aliphatic heterocycles. The smallest absolute Gasteiger partial charge is 0.306 e. The molecule has 131 heavy (non-hydrogen) atoms. The van der Waals surface area contributed by atoms with Crippen molar-refractivity contribution in [1.29, 1.82) is 0 Å². The van der Waals surface area contributed by atoms with Gasteiger partial charge in [-0.1, -0.05) is 113 Å². The van der Waals surface area contributed by atoms with Crippen LogP contribution in [0.25, 0.3) is 43.9 Å². The Morgan fingerprint density at radius 3 is 1.29 bits per heavy atom. The molecule has 0 unspecified atom stereocenters. The number of carbonyl (C=O) groups is 12. The topological polar surface area (TPSA) is 464 Å². The monoisotopic (exact) mass is 1810 g/mol. The lowest BCUT2D eigenvalue weighted by Gasteiger charge is -2.31. The van der Waals surface area contributed by atoms with Gasteiger partial charge in [-0.05, 0) is 173 Å². The number of amides is 9. The van der Waals surface area contributed by atoms with Crippen LogP contribution in [0.5, 0.6) is 0 Å². The summed E-state index contributed by atoms with van der Waals surface area (Å²) in [5, 5.41) is 27.5. The molecular formula is C100H137N13O18. The molecule has 8 aromatic rings. The second-order valence-electron chi connectivity index (χ2n) is 36.7. The molecule has 6 aliphatic rings. The summed E-state index contributed by atoms with van der Waals surface area (Å²) >= 11 is 0. The first kappa shape index (κ1) is 100. The molecule has 4 fully saturated rings. The van der Waals surface area contributed by atoms with Crippen LogP contribution in [0.1, 0.15) is 230 Å². The van der Waals surface area contributed by atoms with Crippen LogP contribution in [0.15, 0.2) is 115 Å². The summed E-state index contributed by atoms with van der Waals surface area (Å²) in [5.41, 5.74) is 30.2. The number of hydrogen-bond donors (Lipinski definition) is 10. The van der Waals surface area contributed by atoms with E-state index in [0.29, 0.717) is 135 Å². The molecule has 0 saturated carbocycles. The van der Waals surface area contributed by atoms with E-state index in [4.69, 9.17) is 50.4 Å². The van der Waals surface area contributed by atoms with Gasteiger partial charge in [0, 0.05) is 146 Å². The highest BCUT2D eigenvalue weighted by atomic mass is 16.5. The summed E-state index contributed by atoms with van der Waals surface area (Å²) in [5.74, 6) is 0.457. The maximum Gasteiger partial charge on any atom is 0.306 e. The molecule has 10 heterocycles. The summed E-state index contributed by atoms with van der Waals surface area (Å²) in [6, 6.07) is 26.2. The van der Waals surface area contributed by atoms with Crippen molar-refractivity contribution in [3.8, 4) is 0 Å². The Balaban J connectivity index is 0.000000169. The van der Waals surface area contributed by atoms with Crippen LogP contribution in [-0.4, -0.2) is 207 Å². The molecule has 4 aromatic heterocycles.